The van der Waals surface area contributed by atoms with E-state index in [9.17, 15) is 9.59 Å². The highest BCUT2D eigenvalue weighted by molar-refractivity contribution is 6.08. The Morgan fingerprint density at radius 1 is 1.29 bits per heavy atom. The average Bonchev–Trinajstić information content (AvgIpc) is 3.03. The van der Waals surface area contributed by atoms with Gasteiger partial charge in [-0.2, -0.15) is 0 Å². The summed E-state index contributed by atoms with van der Waals surface area (Å²) in [6.07, 6.45) is 3.93. The fraction of sp³-hybridized carbons (Fsp3) is 0.846. The maximum Gasteiger partial charge on any atom is 0.233 e. The molecule has 0 aromatic carbocycles. The maximum atomic E-state index is 11.7. The lowest BCUT2D eigenvalue weighted by molar-refractivity contribution is -0.141. The predicted octanol–water partition coefficient (Wildman–Crippen LogP) is 1.16. The lowest BCUT2D eigenvalue weighted by Gasteiger charge is -2.17. The van der Waals surface area contributed by atoms with Gasteiger partial charge < -0.3 is 5.32 Å². The van der Waals surface area contributed by atoms with Crippen molar-refractivity contribution in [3.63, 3.8) is 0 Å². The smallest absolute Gasteiger partial charge is 0.233 e. The van der Waals surface area contributed by atoms with Crippen LogP contribution in [0.3, 0.4) is 0 Å². The highest BCUT2D eigenvalue weighted by Crippen LogP contribution is 2.46. The second-order valence-electron chi connectivity index (χ2n) is 5.23. The molecule has 1 N–H and O–H groups in total. The van der Waals surface area contributed by atoms with Crippen LogP contribution in [-0.2, 0) is 9.59 Å². The fourth-order valence-electron chi connectivity index (χ4n) is 2.64. The van der Waals surface area contributed by atoms with E-state index in [-0.39, 0.29) is 23.7 Å². The van der Waals surface area contributed by atoms with Crippen LogP contribution in [0.25, 0.3) is 0 Å². The molecule has 96 valence electrons. The van der Waals surface area contributed by atoms with E-state index in [0.717, 1.165) is 32.2 Å². The van der Waals surface area contributed by atoms with Crippen LogP contribution in [0.2, 0.25) is 0 Å². The molecule has 0 aromatic rings. The van der Waals surface area contributed by atoms with E-state index in [2.05, 4.69) is 19.2 Å². The van der Waals surface area contributed by atoms with Crippen molar-refractivity contribution in [2.45, 2.75) is 45.6 Å². The van der Waals surface area contributed by atoms with Crippen LogP contribution in [0.5, 0.6) is 0 Å². The monoisotopic (exact) mass is 238 g/mol. The van der Waals surface area contributed by atoms with Gasteiger partial charge in [-0.3, -0.25) is 14.5 Å². The lowest BCUT2D eigenvalue weighted by Crippen LogP contribution is -2.34. The Labute approximate surface area is 103 Å². The minimum absolute atomic E-state index is 0.0585. The number of rotatable bonds is 7. The number of nitrogens with one attached hydrogen (secondary N) is 1. The number of nitrogens with zero attached hydrogens (tertiary/aromatic N) is 1. The summed E-state index contributed by atoms with van der Waals surface area (Å²) in [5, 5.41) is 3.36. The third kappa shape index (κ3) is 2.68. The molecule has 2 rings (SSSR count). The van der Waals surface area contributed by atoms with E-state index in [1.807, 2.05) is 0 Å². The standard InChI is InChI=1S/C13H22N2O2/c1-3-14-9(2)6-4-5-7-15-12(16)10-8-11(10)13(15)17/h9-11,14H,3-8H2,1-2H3. The molecular formula is C13H22N2O2. The number of hydrogen-bond acceptors (Lipinski definition) is 3. The van der Waals surface area contributed by atoms with Crippen LogP contribution >= 0.6 is 0 Å². The van der Waals surface area contributed by atoms with Crippen molar-refractivity contribution in [2.75, 3.05) is 13.1 Å². The molecule has 1 aliphatic heterocycles. The summed E-state index contributed by atoms with van der Waals surface area (Å²) in [7, 11) is 0. The SMILES string of the molecule is CCNC(C)CCCCN1C(=O)C2CC2C1=O. The Morgan fingerprint density at radius 2 is 1.94 bits per heavy atom. The number of fused-ring (bicyclic) bond motifs is 1. The Bertz CT molecular complexity index is 297. The van der Waals surface area contributed by atoms with Gasteiger partial charge in [-0.25, -0.2) is 0 Å². The molecule has 0 bridgehead atoms. The Hall–Kier alpha value is -0.900. The zero-order valence-electron chi connectivity index (χ0n) is 10.7. The van der Waals surface area contributed by atoms with Crippen molar-refractivity contribution in [3.8, 4) is 0 Å². The minimum atomic E-state index is 0.0585. The molecule has 0 radical (unpaired) electrons. The summed E-state index contributed by atoms with van der Waals surface area (Å²) in [5.41, 5.74) is 0. The van der Waals surface area contributed by atoms with Gasteiger partial charge in [-0.1, -0.05) is 13.3 Å². The predicted molar refractivity (Wildman–Crippen MR) is 65.3 cm³/mol. The summed E-state index contributed by atoms with van der Waals surface area (Å²) in [4.78, 5) is 24.8. The molecule has 4 heteroatoms. The van der Waals surface area contributed by atoms with Gasteiger partial charge in [0.25, 0.3) is 0 Å². The first-order chi connectivity index (χ1) is 8.15. The first-order valence-electron chi connectivity index (χ1n) is 6.73. The number of amides is 2. The van der Waals surface area contributed by atoms with Crippen molar-refractivity contribution < 1.29 is 9.59 Å². The Morgan fingerprint density at radius 3 is 2.53 bits per heavy atom. The summed E-state index contributed by atoms with van der Waals surface area (Å²) in [6, 6.07) is 0.526. The zero-order valence-corrected chi connectivity index (χ0v) is 10.7. The molecule has 0 spiro atoms. The maximum absolute atomic E-state index is 11.7. The molecule has 2 amide bonds. The highest BCUT2D eigenvalue weighted by atomic mass is 16.2. The topological polar surface area (TPSA) is 49.4 Å². The zero-order chi connectivity index (χ0) is 12.4. The van der Waals surface area contributed by atoms with Crippen LogP contribution in [0.15, 0.2) is 0 Å². The van der Waals surface area contributed by atoms with Crippen LogP contribution in [-0.4, -0.2) is 35.8 Å². The second-order valence-corrected chi connectivity index (χ2v) is 5.23. The molecular weight excluding hydrogens is 216 g/mol. The third-order valence-electron chi connectivity index (χ3n) is 3.78. The molecule has 1 aliphatic carbocycles. The van der Waals surface area contributed by atoms with Gasteiger partial charge >= 0.3 is 0 Å². The summed E-state index contributed by atoms with van der Waals surface area (Å²) in [5.74, 6) is 0.283. The number of likely N-dealkylation sites (tertiary alicyclic amines) is 1. The van der Waals surface area contributed by atoms with E-state index >= 15 is 0 Å². The minimum Gasteiger partial charge on any atom is -0.315 e. The van der Waals surface area contributed by atoms with Crippen LogP contribution < -0.4 is 5.32 Å². The van der Waals surface area contributed by atoms with Crippen molar-refractivity contribution in [3.05, 3.63) is 0 Å². The molecule has 2 fully saturated rings. The Balaban J connectivity index is 1.63. The molecule has 4 nitrogen and oxygen atoms in total. The van der Waals surface area contributed by atoms with E-state index in [4.69, 9.17) is 0 Å². The molecule has 2 aliphatic rings. The van der Waals surface area contributed by atoms with Crippen molar-refractivity contribution in [2.24, 2.45) is 11.8 Å². The molecule has 3 atom stereocenters. The van der Waals surface area contributed by atoms with Crippen molar-refractivity contribution in [1.29, 1.82) is 0 Å². The molecule has 0 aromatic heterocycles. The van der Waals surface area contributed by atoms with Gasteiger partial charge in [-0.05, 0) is 32.7 Å². The third-order valence-corrected chi connectivity index (χ3v) is 3.78. The quantitative estimate of drug-likeness (QED) is 0.535. The summed E-state index contributed by atoms with van der Waals surface area (Å²) in [6.45, 7) is 5.90. The normalized spacial score (nSPS) is 28.5. The van der Waals surface area contributed by atoms with E-state index in [0.29, 0.717) is 12.6 Å². The highest BCUT2D eigenvalue weighted by Gasteiger charge is 2.58. The van der Waals surface area contributed by atoms with Crippen LogP contribution in [0, 0.1) is 11.8 Å². The molecule has 1 saturated heterocycles. The number of unbranched alkanes of at least 4 members (excludes halogenated alkanes) is 1. The van der Waals surface area contributed by atoms with E-state index in [1.165, 1.54) is 4.90 Å². The van der Waals surface area contributed by atoms with Gasteiger partial charge in [0.1, 0.15) is 0 Å². The molecule has 17 heavy (non-hydrogen) atoms. The van der Waals surface area contributed by atoms with E-state index in [1.54, 1.807) is 0 Å². The van der Waals surface area contributed by atoms with Gasteiger partial charge in [0, 0.05) is 12.6 Å². The summed E-state index contributed by atoms with van der Waals surface area (Å²) < 4.78 is 0. The van der Waals surface area contributed by atoms with Gasteiger partial charge in [-0.15, -0.1) is 0 Å². The largest absolute Gasteiger partial charge is 0.315 e. The van der Waals surface area contributed by atoms with Crippen LogP contribution in [0.4, 0.5) is 0 Å². The van der Waals surface area contributed by atoms with Crippen molar-refractivity contribution in [1.82, 2.24) is 10.2 Å². The van der Waals surface area contributed by atoms with Crippen molar-refractivity contribution >= 4 is 11.8 Å². The number of hydrogen-bond donors (Lipinski definition) is 1. The molecule has 1 heterocycles. The first-order valence-corrected chi connectivity index (χ1v) is 6.73. The Kier molecular flexibility index (Phi) is 3.82. The molecule has 3 unspecified atom stereocenters. The number of imide groups is 1. The second kappa shape index (κ2) is 5.17. The fourth-order valence-corrected chi connectivity index (χ4v) is 2.64. The lowest BCUT2D eigenvalue weighted by atomic mass is 10.1. The van der Waals surface area contributed by atoms with Gasteiger partial charge in [0.2, 0.25) is 11.8 Å². The number of carbonyl (C=O) groups is 2. The molecule has 1 saturated carbocycles. The first kappa shape index (κ1) is 12.6. The number of piperidine rings is 1. The summed E-state index contributed by atoms with van der Waals surface area (Å²) >= 11 is 0. The van der Waals surface area contributed by atoms with E-state index < -0.39 is 0 Å². The van der Waals surface area contributed by atoms with Crippen LogP contribution in [0.1, 0.15) is 39.5 Å². The average molecular weight is 238 g/mol. The number of carbonyl (C=O) groups excluding carboxylic acids is 2. The van der Waals surface area contributed by atoms with Gasteiger partial charge in [0.05, 0.1) is 11.8 Å². The van der Waals surface area contributed by atoms with Gasteiger partial charge in [0.15, 0.2) is 0 Å².